The zero-order valence-corrected chi connectivity index (χ0v) is 13.4. The van der Waals surface area contributed by atoms with Crippen molar-refractivity contribution in [3.8, 4) is 0 Å². The molecule has 0 aromatic heterocycles. The van der Waals surface area contributed by atoms with Crippen molar-refractivity contribution in [2.75, 3.05) is 5.32 Å². The molecule has 120 valence electrons. The number of ether oxygens (including phenoxy) is 1. The first kappa shape index (κ1) is 17.0. The number of anilines is 1. The minimum absolute atomic E-state index is 0.0652. The summed E-state index contributed by atoms with van der Waals surface area (Å²) in [6.45, 7) is 3.34. The van der Waals surface area contributed by atoms with Crippen molar-refractivity contribution in [1.29, 1.82) is 0 Å². The van der Waals surface area contributed by atoms with E-state index in [0.717, 1.165) is 11.6 Å². The van der Waals surface area contributed by atoms with Crippen LogP contribution in [0.4, 0.5) is 10.1 Å². The van der Waals surface area contributed by atoms with Crippen LogP contribution in [0.5, 0.6) is 0 Å². The van der Waals surface area contributed by atoms with Crippen molar-refractivity contribution in [3.63, 3.8) is 0 Å². The van der Waals surface area contributed by atoms with Crippen LogP contribution in [-0.4, -0.2) is 18.0 Å². The Kier molecular flexibility index (Phi) is 5.34. The van der Waals surface area contributed by atoms with Crippen LogP contribution in [0.3, 0.4) is 0 Å². The fourth-order valence-electron chi connectivity index (χ4n) is 1.80. The van der Waals surface area contributed by atoms with Gasteiger partial charge in [0.25, 0.3) is 5.91 Å². The summed E-state index contributed by atoms with van der Waals surface area (Å²) >= 11 is 5.83. The van der Waals surface area contributed by atoms with Gasteiger partial charge in [0, 0.05) is 0 Å². The van der Waals surface area contributed by atoms with Gasteiger partial charge in [0.05, 0.1) is 16.3 Å². The number of esters is 1. The van der Waals surface area contributed by atoms with Gasteiger partial charge in [-0.15, -0.1) is 0 Å². The molecule has 2 rings (SSSR count). The van der Waals surface area contributed by atoms with E-state index in [9.17, 15) is 14.0 Å². The number of halogens is 2. The Balaban J connectivity index is 1.99. The molecule has 0 unspecified atom stereocenters. The molecule has 0 saturated carbocycles. The monoisotopic (exact) mass is 335 g/mol. The Hall–Kier alpha value is -2.40. The molecule has 0 fully saturated rings. The van der Waals surface area contributed by atoms with Gasteiger partial charge in [-0.2, -0.15) is 0 Å². The van der Waals surface area contributed by atoms with Crippen LogP contribution in [0.25, 0.3) is 0 Å². The predicted octanol–water partition coefficient (Wildman–Crippen LogP) is 3.97. The number of carbonyl (C=O) groups is 2. The average Bonchev–Trinajstić information content (AvgIpc) is 2.50. The maximum absolute atomic E-state index is 13.0. The first-order valence-electron chi connectivity index (χ1n) is 6.90. The number of hydrogen-bond acceptors (Lipinski definition) is 3. The predicted molar refractivity (Wildman–Crippen MR) is 86.1 cm³/mol. The van der Waals surface area contributed by atoms with Crippen molar-refractivity contribution in [3.05, 3.63) is 64.4 Å². The second kappa shape index (κ2) is 7.24. The summed E-state index contributed by atoms with van der Waals surface area (Å²) in [7, 11) is 0. The van der Waals surface area contributed by atoms with Crippen molar-refractivity contribution >= 4 is 29.2 Å². The lowest BCUT2D eigenvalue weighted by Crippen LogP contribution is -2.30. The third-order valence-electron chi connectivity index (χ3n) is 3.13. The molecule has 1 amide bonds. The summed E-state index contributed by atoms with van der Waals surface area (Å²) in [6.07, 6.45) is -1.02. The maximum Gasteiger partial charge on any atom is 0.338 e. The minimum atomic E-state index is -1.02. The Labute approximate surface area is 138 Å². The number of amides is 1. The van der Waals surface area contributed by atoms with Crippen LogP contribution in [0, 0.1) is 12.7 Å². The second-order valence-corrected chi connectivity index (χ2v) is 5.43. The third kappa shape index (κ3) is 4.53. The molecule has 4 nitrogen and oxygen atoms in total. The van der Waals surface area contributed by atoms with E-state index in [1.165, 1.54) is 19.1 Å². The summed E-state index contributed by atoms with van der Waals surface area (Å²) in [4.78, 5) is 24.0. The van der Waals surface area contributed by atoms with Crippen molar-refractivity contribution < 1.29 is 18.7 Å². The Morgan fingerprint density at radius 1 is 1.17 bits per heavy atom. The van der Waals surface area contributed by atoms with Crippen LogP contribution < -0.4 is 5.32 Å². The lowest BCUT2D eigenvalue weighted by molar-refractivity contribution is -0.123. The Bertz CT molecular complexity index is 731. The molecule has 2 aromatic carbocycles. The minimum Gasteiger partial charge on any atom is -0.449 e. The van der Waals surface area contributed by atoms with Crippen LogP contribution in [-0.2, 0) is 9.53 Å². The molecule has 1 N–H and O–H groups in total. The fourth-order valence-corrected chi connectivity index (χ4v) is 2.01. The second-order valence-electron chi connectivity index (χ2n) is 5.03. The summed E-state index contributed by atoms with van der Waals surface area (Å²) in [5, 5.41) is 2.55. The van der Waals surface area contributed by atoms with E-state index in [4.69, 9.17) is 16.3 Å². The van der Waals surface area contributed by atoms with Gasteiger partial charge >= 0.3 is 5.97 Å². The number of nitrogens with one attached hydrogen (secondary N) is 1. The topological polar surface area (TPSA) is 55.4 Å². The highest BCUT2D eigenvalue weighted by Gasteiger charge is 2.19. The number of rotatable bonds is 4. The smallest absolute Gasteiger partial charge is 0.338 e. The van der Waals surface area contributed by atoms with E-state index in [2.05, 4.69) is 5.32 Å². The normalized spacial score (nSPS) is 11.7. The lowest BCUT2D eigenvalue weighted by atomic mass is 10.1. The van der Waals surface area contributed by atoms with Crippen LogP contribution in [0.1, 0.15) is 22.8 Å². The summed E-state index contributed by atoms with van der Waals surface area (Å²) < 4.78 is 18.1. The summed E-state index contributed by atoms with van der Waals surface area (Å²) in [6, 6.07) is 10.4. The largest absolute Gasteiger partial charge is 0.449 e. The molecular weight excluding hydrogens is 321 g/mol. The lowest BCUT2D eigenvalue weighted by Gasteiger charge is -2.14. The number of hydrogen-bond donors (Lipinski definition) is 1. The molecule has 0 aliphatic heterocycles. The van der Waals surface area contributed by atoms with E-state index < -0.39 is 23.8 Å². The van der Waals surface area contributed by atoms with E-state index in [1.54, 1.807) is 24.3 Å². The summed E-state index contributed by atoms with van der Waals surface area (Å²) in [5.41, 5.74) is 1.62. The van der Waals surface area contributed by atoms with Gasteiger partial charge in [0.15, 0.2) is 6.10 Å². The highest BCUT2D eigenvalue weighted by Crippen LogP contribution is 2.22. The van der Waals surface area contributed by atoms with Gasteiger partial charge in [-0.25, -0.2) is 9.18 Å². The zero-order chi connectivity index (χ0) is 17.0. The molecule has 0 bridgehead atoms. The van der Waals surface area contributed by atoms with Crippen LogP contribution in [0.2, 0.25) is 5.02 Å². The van der Waals surface area contributed by atoms with Crippen LogP contribution in [0.15, 0.2) is 42.5 Å². The van der Waals surface area contributed by atoms with Crippen LogP contribution >= 0.6 is 11.6 Å². The number of aryl methyl sites for hydroxylation is 1. The van der Waals surface area contributed by atoms with Gasteiger partial charge in [-0.05, 0) is 44.2 Å². The molecule has 1 atom stereocenters. The van der Waals surface area contributed by atoms with Gasteiger partial charge in [0.1, 0.15) is 5.82 Å². The molecule has 0 radical (unpaired) electrons. The van der Waals surface area contributed by atoms with E-state index in [-0.39, 0.29) is 10.7 Å². The zero-order valence-electron chi connectivity index (χ0n) is 12.6. The molecule has 23 heavy (non-hydrogen) atoms. The Morgan fingerprint density at radius 3 is 2.43 bits per heavy atom. The highest BCUT2D eigenvalue weighted by molar-refractivity contribution is 6.33. The molecule has 2 aromatic rings. The first-order chi connectivity index (χ1) is 10.9. The molecule has 0 saturated heterocycles. The first-order valence-corrected chi connectivity index (χ1v) is 7.28. The van der Waals surface area contributed by atoms with Gasteiger partial charge in [0.2, 0.25) is 0 Å². The van der Waals surface area contributed by atoms with E-state index in [1.807, 2.05) is 6.92 Å². The third-order valence-corrected chi connectivity index (χ3v) is 3.44. The Morgan fingerprint density at radius 2 is 1.83 bits per heavy atom. The van der Waals surface area contributed by atoms with E-state index in [0.29, 0.717) is 5.56 Å². The standard InChI is InChI=1S/C17H15ClFNO3/c1-10-3-5-12(6-4-10)17(22)23-11(2)16(21)20-15-8-7-13(19)9-14(15)18/h3-9,11H,1-2H3,(H,20,21)/t11-/m1/s1. The molecule has 0 spiro atoms. The molecular formula is C17H15ClFNO3. The highest BCUT2D eigenvalue weighted by atomic mass is 35.5. The van der Waals surface area contributed by atoms with Crippen molar-refractivity contribution in [1.82, 2.24) is 0 Å². The molecule has 6 heteroatoms. The fraction of sp³-hybridized carbons (Fsp3) is 0.176. The average molecular weight is 336 g/mol. The molecule has 0 aliphatic carbocycles. The SMILES string of the molecule is Cc1ccc(C(=O)O[C@H](C)C(=O)Nc2ccc(F)cc2Cl)cc1. The number of benzene rings is 2. The van der Waals surface area contributed by atoms with E-state index >= 15 is 0 Å². The summed E-state index contributed by atoms with van der Waals surface area (Å²) in [5.74, 6) is -1.66. The van der Waals surface area contributed by atoms with Gasteiger partial charge in [-0.3, -0.25) is 4.79 Å². The van der Waals surface area contributed by atoms with Gasteiger partial charge in [-0.1, -0.05) is 29.3 Å². The molecule has 0 aliphatic rings. The van der Waals surface area contributed by atoms with Crippen molar-refractivity contribution in [2.45, 2.75) is 20.0 Å². The quantitative estimate of drug-likeness (QED) is 0.860. The maximum atomic E-state index is 13.0. The number of carbonyl (C=O) groups excluding carboxylic acids is 2. The van der Waals surface area contributed by atoms with Crippen molar-refractivity contribution in [2.24, 2.45) is 0 Å². The molecule has 0 heterocycles. The van der Waals surface area contributed by atoms with Gasteiger partial charge < -0.3 is 10.1 Å².